The third-order valence-electron chi connectivity index (χ3n) is 4.14. The number of nitrogens with one attached hydrogen (secondary N) is 2. The molecule has 0 aliphatic rings. The van der Waals surface area contributed by atoms with Gasteiger partial charge in [0.1, 0.15) is 17.2 Å². The molecule has 9 heteroatoms. The Labute approximate surface area is 168 Å². The van der Waals surface area contributed by atoms with E-state index in [1.165, 1.54) is 14.2 Å². The number of ether oxygens (including phenoxy) is 4. The van der Waals surface area contributed by atoms with Gasteiger partial charge in [0.25, 0.3) is 5.91 Å². The zero-order valence-corrected chi connectivity index (χ0v) is 17.0. The Hall–Kier alpha value is -3.49. The fraction of sp³-hybridized carbons (Fsp3) is 0.350. The molecule has 0 saturated heterocycles. The molecule has 1 heterocycles. The molecule has 0 atom stereocenters. The lowest BCUT2D eigenvalue weighted by Gasteiger charge is -2.11. The van der Waals surface area contributed by atoms with Gasteiger partial charge in [0, 0.05) is 11.8 Å². The lowest BCUT2D eigenvalue weighted by Crippen LogP contribution is -2.21. The maximum Gasteiger partial charge on any atom is 0.355 e. The van der Waals surface area contributed by atoms with Crippen LogP contribution < -0.4 is 14.8 Å². The van der Waals surface area contributed by atoms with E-state index in [9.17, 15) is 14.4 Å². The standard InChI is InChI=1S/C20H24N2O7/c1-6-28-19(24)17-11(2)18(21-12(17)3)20(25)29-10-16(23)22-14-8-7-13(26-4)9-15(14)27-5/h7-9,21H,6,10H2,1-5H3,(H,22,23). The minimum Gasteiger partial charge on any atom is -0.497 e. The largest absolute Gasteiger partial charge is 0.497 e. The average molecular weight is 404 g/mol. The van der Waals surface area contributed by atoms with E-state index in [4.69, 9.17) is 18.9 Å². The molecule has 9 nitrogen and oxygen atoms in total. The van der Waals surface area contributed by atoms with E-state index >= 15 is 0 Å². The number of aromatic nitrogens is 1. The summed E-state index contributed by atoms with van der Waals surface area (Å²) in [7, 11) is 2.98. The normalized spacial score (nSPS) is 10.2. The second kappa shape index (κ2) is 9.63. The Balaban J connectivity index is 2.03. The number of aromatic amines is 1. The first-order valence-electron chi connectivity index (χ1n) is 8.87. The highest BCUT2D eigenvalue weighted by molar-refractivity contribution is 6.00. The number of carbonyl (C=O) groups is 3. The lowest BCUT2D eigenvalue weighted by atomic mass is 10.1. The fourth-order valence-electron chi connectivity index (χ4n) is 2.75. The van der Waals surface area contributed by atoms with Crippen LogP contribution in [0.4, 0.5) is 5.69 Å². The molecular weight excluding hydrogens is 380 g/mol. The van der Waals surface area contributed by atoms with Gasteiger partial charge < -0.3 is 29.2 Å². The maximum atomic E-state index is 12.3. The van der Waals surface area contributed by atoms with Crippen molar-refractivity contribution >= 4 is 23.5 Å². The molecule has 29 heavy (non-hydrogen) atoms. The number of esters is 2. The molecule has 2 aromatic rings. The van der Waals surface area contributed by atoms with Gasteiger partial charge in [-0.05, 0) is 38.5 Å². The number of hydrogen-bond donors (Lipinski definition) is 2. The van der Waals surface area contributed by atoms with Gasteiger partial charge >= 0.3 is 11.9 Å². The SMILES string of the molecule is CCOC(=O)c1c(C)[nH]c(C(=O)OCC(=O)Nc2ccc(OC)cc2OC)c1C. The Kier molecular flexibility index (Phi) is 7.24. The summed E-state index contributed by atoms with van der Waals surface area (Å²) in [6.45, 7) is 4.66. The number of carbonyl (C=O) groups excluding carboxylic acids is 3. The molecule has 0 spiro atoms. The average Bonchev–Trinajstić information content (AvgIpc) is 3.00. The zero-order valence-electron chi connectivity index (χ0n) is 17.0. The summed E-state index contributed by atoms with van der Waals surface area (Å²) in [6.07, 6.45) is 0. The number of hydrogen-bond acceptors (Lipinski definition) is 7. The van der Waals surface area contributed by atoms with Gasteiger partial charge in [0.15, 0.2) is 6.61 Å². The predicted molar refractivity (Wildman–Crippen MR) is 105 cm³/mol. The second-order valence-corrected chi connectivity index (χ2v) is 6.04. The first-order chi connectivity index (χ1) is 13.8. The highest BCUT2D eigenvalue weighted by Crippen LogP contribution is 2.29. The summed E-state index contributed by atoms with van der Waals surface area (Å²) in [5, 5.41) is 2.60. The minimum atomic E-state index is -0.752. The topological polar surface area (TPSA) is 116 Å². The van der Waals surface area contributed by atoms with Crippen molar-refractivity contribution in [1.29, 1.82) is 0 Å². The summed E-state index contributed by atoms with van der Waals surface area (Å²) < 4.78 is 20.4. The summed E-state index contributed by atoms with van der Waals surface area (Å²) in [5.41, 5.74) is 1.68. The van der Waals surface area contributed by atoms with Crippen molar-refractivity contribution in [3.05, 3.63) is 40.7 Å². The van der Waals surface area contributed by atoms with Crippen molar-refractivity contribution in [3.8, 4) is 11.5 Å². The van der Waals surface area contributed by atoms with Crippen LogP contribution in [0.5, 0.6) is 11.5 Å². The van der Waals surface area contributed by atoms with Crippen LogP contribution in [0.1, 0.15) is 39.0 Å². The van der Waals surface area contributed by atoms with Crippen molar-refractivity contribution in [2.75, 3.05) is 32.8 Å². The quantitative estimate of drug-likeness (QED) is 0.650. The molecule has 0 aliphatic carbocycles. The lowest BCUT2D eigenvalue weighted by molar-refractivity contribution is -0.119. The van der Waals surface area contributed by atoms with Crippen molar-refractivity contribution in [2.24, 2.45) is 0 Å². The van der Waals surface area contributed by atoms with Crippen LogP contribution in [-0.2, 0) is 14.3 Å². The van der Waals surface area contributed by atoms with Crippen LogP contribution in [0.25, 0.3) is 0 Å². The van der Waals surface area contributed by atoms with Crippen LogP contribution in [0.15, 0.2) is 18.2 Å². The Morgan fingerprint density at radius 2 is 1.76 bits per heavy atom. The number of rotatable bonds is 8. The second-order valence-electron chi connectivity index (χ2n) is 6.04. The molecule has 0 saturated carbocycles. The number of methoxy groups -OCH3 is 2. The van der Waals surface area contributed by atoms with Crippen LogP contribution in [0, 0.1) is 13.8 Å². The molecule has 0 unspecified atom stereocenters. The van der Waals surface area contributed by atoms with Crippen LogP contribution in [0.2, 0.25) is 0 Å². The van der Waals surface area contributed by atoms with Gasteiger partial charge in [-0.1, -0.05) is 0 Å². The number of H-pyrrole nitrogens is 1. The number of anilines is 1. The third-order valence-corrected chi connectivity index (χ3v) is 4.14. The molecule has 1 amide bonds. The molecule has 0 bridgehead atoms. The molecular formula is C20H24N2O7. The molecule has 156 valence electrons. The highest BCUT2D eigenvalue weighted by Gasteiger charge is 2.24. The van der Waals surface area contributed by atoms with E-state index in [1.54, 1.807) is 39.0 Å². The molecule has 1 aromatic heterocycles. The van der Waals surface area contributed by atoms with Crippen LogP contribution >= 0.6 is 0 Å². The molecule has 0 aliphatic heterocycles. The van der Waals surface area contributed by atoms with Crippen molar-refractivity contribution in [3.63, 3.8) is 0 Å². The van der Waals surface area contributed by atoms with Crippen molar-refractivity contribution in [2.45, 2.75) is 20.8 Å². The van der Waals surface area contributed by atoms with Gasteiger partial charge in [-0.15, -0.1) is 0 Å². The molecule has 0 radical (unpaired) electrons. The van der Waals surface area contributed by atoms with Gasteiger partial charge in [0.2, 0.25) is 0 Å². The molecule has 0 fully saturated rings. The fourth-order valence-corrected chi connectivity index (χ4v) is 2.75. The van der Waals surface area contributed by atoms with E-state index in [-0.39, 0.29) is 17.9 Å². The van der Waals surface area contributed by atoms with E-state index in [0.717, 1.165) is 0 Å². The smallest absolute Gasteiger partial charge is 0.355 e. The van der Waals surface area contributed by atoms with E-state index in [0.29, 0.717) is 28.4 Å². The summed E-state index contributed by atoms with van der Waals surface area (Å²) >= 11 is 0. The number of benzene rings is 1. The number of aryl methyl sites for hydroxylation is 1. The minimum absolute atomic E-state index is 0.0976. The van der Waals surface area contributed by atoms with Crippen molar-refractivity contribution in [1.82, 2.24) is 4.98 Å². The van der Waals surface area contributed by atoms with E-state index in [1.807, 2.05) is 0 Å². The maximum absolute atomic E-state index is 12.3. The first kappa shape index (κ1) is 21.8. The van der Waals surface area contributed by atoms with Crippen LogP contribution in [-0.4, -0.2) is 50.3 Å². The summed E-state index contributed by atoms with van der Waals surface area (Å²) in [6, 6.07) is 4.89. The molecule has 2 N–H and O–H groups in total. The third kappa shape index (κ3) is 5.07. The van der Waals surface area contributed by atoms with E-state index < -0.39 is 24.5 Å². The van der Waals surface area contributed by atoms with Crippen molar-refractivity contribution < 1.29 is 33.3 Å². The summed E-state index contributed by atoms with van der Waals surface area (Å²) in [5.74, 6) is -0.853. The molecule has 1 aromatic carbocycles. The zero-order chi connectivity index (χ0) is 21.6. The predicted octanol–water partition coefficient (Wildman–Crippen LogP) is 2.62. The summed E-state index contributed by atoms with van der Waals surface area (Å²) in [4.78, 5) is 39.3. The molecule has 2 rings (SSSR count). The van der Waals surface area contributed by atoms with Gasteiger partial charge in [-0.2, -0.15) is 0 Å². The van der Waals surface area contributed by atoms with Crippen LogP contribution in [0.3, 0.4) is 0 Å². The number of amides is 1. The Morgan fingerprint density at radius 1 is 1.03 bits per heavy atom. The highest BCUT2D eigenvalue weighted by atomic mass is 16.5. The van der Waals surface area contributed by atoms with E-state index in [2.05, 4.69) is 10.3 Å². The van der Waals surface area contributed by atoms with Gasteiger partial charge in [0.05, 0.1) is 32.1 Å². The Bertz CT molecular complexity index is 918. The van der Waals surface area contributed by atoms with Gasteiger partial charge in [-0.25, -0.2) is 9.59 Å². The van der Waals surface area contributed by atoms with Gasteiger partial charge in [-0.3, -0.25) is 4.79 Å². The Morgan fingerprint density at radius 3 is 2.38 bits per heavy atom. The monoisotopic (exact) mass is 404 g/mol. The first-order valence-corrected chi connectivity index (χ1v) is 8.87.